The number of hydrogen-bond donors (Lipinski definition) is 2. The topological polar surface area (TPSA) is 77.8 Å². The number of nitrogens with zero attached hydrogens (tertiary/aromatic N) is 1. The molecule has 1 heterocycles. The molecule has 0 bridgehead atoms. The molecular weight excluding hydrogens is 186 g/mol. The van der Waals surface area contributed by atoms with E-state index in [-0.39, 0.29) is 18.4 Å². The Hall–Kier alpha value is -1.36. The van der Waals surface area contributed by atoms with Crippen LogP contribution in [0.4, 0.5) is 0 Å². The van der Waals surface area contributed by atoms with Gasteiger partial charge in [0.1, 0.15) is 0 Å². The predicted octanol–water partition coefficient (Wildman–Crippen LogP) is -0.534. The third-order valence-corrected chi connectivity index (χ3v) is 2.26. The molecule has 2 N–H and O–H groups in total. The molecule has 1 aliphatic heterocycles. The zero-order valence-corrected chi connectivity index (χ0v) is 7.72. The molecule has 1 unspecified atom stereocenters. The molecular formula is C9H13NO4. The number of aliphatic carboxylic acids is 1. The standard InChI is InChI=1S/C9H13NO4/c1-2-6-3-8(12)10(4-6)5-7(11)9(13)14/h2,6-7,11H,1,3-5H2,(H,13,14)/t6?,7-/m0/s1. The van der Waals surface area contributed by atoms with Gasteiger partial charge in [-0.25, -0.2) is 4.79 Å². The first-order valence-electron chi connectivity index (χ1n) is 4.35. The molecule has 5 nitrogen and oxygen atoms in total. The second kappa shape index (κ2) is 4.23. The van der Waals surface area contributed by atoms with E-state index in [1.807, 2.05) is 0 Å². The second-order valence-corrected chi connectivity index (χ2v) is 3.35. The molecule has 0 saturated carbocycles. The van der Waals surface area contributed by atoms with Crippen molar-refractivity contribution in [2.75, 3.05) is 13.1 Å². The van der Waals surface area contributed by atoms with Crippen molar-refractivity contribution >= 4 is 11.9 Å². The molecule has 1 rings (SSSR count). The van der Waals surface area contributed by atoms with Crippen LogP contribution in [0.1, 0.15) is 6.42 Å². The van der Waals surface area contributed by atoms with E-state index < -0.39 is 12.1 Å². The molecule has 78 valence electrons. The molecule has 1 saturated heterocycles. The van der Waals surface area contributed by atoms with Crippen molar-refractivity contribution in [1.29, 1.82) is 0 Å². The Morgan fingerprint density at radius 3 is 2.86 bits per heavy atom. The van der Waals surface area contributed by atoms with E-state index in [4.69, 9.17) is 10.2 Å². The highest BCUT2D eigenvalue weighted by molar-refractivity contribution is 5.80. The van der Waals surface area contributed by atoms with Crippen LogP contribution in [0, 0.1) is 5.92 Å². The molecule has 1 fully saturated rings. The maximum absolute atomic E-state index is 11.3. The number of aliphatic hydroxyl groups is 1. The summed E-state index contributed by atoms with van der Waals surface area (Å²) in [7, 11) is 0. The van der Waals surface area contributed by atoms with Gasteiger partial charge in [0.2, 0.25) is 5.91 Å². The zero-order valence-electron chi connectivity index (χ0n) is 7.72. The fourth-order valence-corrected chi connectivity index (χ4v) is 1.42. The van der Waals surface area contributed by atoms with Gasteiger partial charge in [-0.2, -0.15) is 0 Å². The van der Waals surface area contributed by atoms with Crippen LogP contribution >= 0.6 is 0 Å². The number of carbonyl (C=O) groups is 2. The molecule has 1 amide bonds. The summed E-state index contributed by atoms with van der Waals surface area (Å²) in [5.41, 5.74) is 0. The van der Waals surface area contributed by atoms with E-state index in [1.54, 1.807) is 6.08 Å². The Morgan fingerprint density at radius 1 is 1.79 bits per heavy atom. The number of aliphatic hydroxyl groups excluding tert-OH is 1. The van der Waals surface area contributed by atoms with Crippen LogP contribution in [0.25, 0.3) is 0 Å². The summed E-state index contributed by atoms with van der Waals surface area (Å²) in [6, 6.07) is 0. The largest absolute Gasteiger partial charge is 0.479 e. The van der Waals surface area contributed by atoms with Crippen molar-refractivity contribution in [2.45, 2.75) is 12.5 Å². The minimum Gasteiger partial charge on any atom is -0.479 e. The SMILES string of the molecule is C=CC1CC(=O)N(C[C@H](O)C(=O)O)C1. The van der Waals surface area contributed by atoms with Crippen LogP contribution in [-0.2, 0) is 9.59 Å². The predicted molar refractivity (Wildman–Crippen MR) is 48.5 cm³/mol. The second-order valence-electron chi connectivity index (χ2n) is 3.35. The van der Waals surface area contributed by atoms with Gasteiger partial charge in [0.05, 0.1) is 6.54 Å². The average molecular weight is 199 g/mol. The summed E-state index contributed by atoms with van der Waals surface area (Å²) < 4.78 is 0. The average Bonchev–Trinajstić information content (AvgIpc) is 2.47. The van der Waals surface area contributed by atoms with Gasteiger partial charge in [-0.1, -0.05) is 6.08 Å². The Balaban J connectivity index is 2.50. The Kier molecular flexibility index (Phi) is 3.24. The number of carboxylic acids is 1. The van der Waals surface area contributed by atoms with Crippen LogP contribution in [0.3, 0.4) is 0 Å². The monoisotopic (exact) mass is 199 g/mol. The number of carboxylic acid groups (broad SMARTS) is 1. The van der Waals surface area contributed by atoms with E-state index in [9.17, 15) is 9.59 Å². The molecule has 2 atom stereocenters. The number of likely N-dealkylation sites (tertiary alicyclic amines) is 1. The smallest absolute Gasteiger partial charge is 0.334 e. The van der Waals surface area contributed by atoms with Gasteiger partial charge >= 0.3 is 5.97 Å². The maximum atomic E-state index is 11.3. The summed E-state index contributed by atoms with van der Waals surface area (Å²) in [6.07, 6.45) is 0.531. The molecule has 5 heteroatoms. The van der Waals surface area contributed by atoms with Gasteiger partial charge in [0.25, 0.3) is 0 Å². The highest BCUT2D eigenvalue weighted by Crippen LogP contribution is 2.18. The number of rotatable bonds is 4. The summed E-state index contributed by atoms with van der Waals surface area (Å²) in [6.45, 7) is 3.88. The van der Waals surface area contributed by atoms with Crippen LogP contribution in [-0.4, -0.2) is 46.2 Å². The van der Waals surface area contributed by atoms with Crippen LogP contribution < -0.4 is 0 Å². The number of β-amino-alcohol motifs (C(OH)–C–C–N with tert-alkyl or cyclic N) is 1. The highest BCUT2D eigenvalue weighted by Gasteiger charge is 2.30. The fraction of sp³-hybridized carbons (Fsp3) is 0.556. The molecule has 0 spiro atoms. The van der Waals surface area contributed by atoms with Crippen molar-refractivity contribution < 1.29 is 19.8 Å². The summed E-state index contributed by atoms with van der Waals surface area (Å²) in [5, 5.41) is 17.5. The molecule has 0 radical (unpaired) electrons. The Labute approximate surface area is 81.6 Å². The molecule has 0 aliphatic carbocycles. The first-order valence-corrected chi connectivity index (χ1v) is 4.35. The van der Waals surface area contributed by atoms with Gasteiger partial charge in [-0.3, -0.25) is 4.79 Å². The van der Waals surface area contributed by atoms with Gasteiger partial charge < -0.3 is 15.1 Å². The third kappa shape index (κ3) is 2.32. The lowest BCUT2D eigenvalue weighted by Gasteiger charge is -2.17. The molecule has 14 heavy (non-hydrogen) atoms. The number of carbonyl (C=O) groups excluding carboxylic acids is 1. The Bertz CT molecular complexity index is 264. The van der Waals surface area contributed by atoms with Gasteiger partial charge in [-0.15, -0.1) is 6.58 Å². The summed E-state index contributed by atoms with van der Waals surface area (Å²) in [5.74, 6) is -1.36. The maximum Gasteiger partial charge on any atom is 0.334 e. The quantitative estimate of drug-likeness (QED) is 0.596. The van der Waals surface area contributed by atoms with Gasteiger partial charge in [-0.05, 0) is 0 Å². The lowest BCUT2D eigenvalue weighted by Crippen LogP contribution is -2.37. The third-order valence-electron chi connectivity index (χ3n) is 2.26. The van der Waals surface area contributed by atoms with Gasteiger partial charge in [0.15, 0.2) is 6.10 Å². The van der Waals surface area contributed by atoms with Crippen LogP contribution in [0.2, 0.25) is 0 Å². The molecule has 0 aromatic carbocycles. The van der Waals surface area contributed by atoms with Crippen LogP contribution in [0.5, 0.6) is 0 Å². The first-order chi connectivity index (χ1) is 6.54. The highest BCUT2D eigenvalue weighted by atomic mass is 16.4. The van der Waals surface area contributed by atoms with Crippen molar-refractivity contribution in [3.63, 3.8) is 0 Å². The molecule has 1 aliphatic rings. The van der Waals surface area contributed by atoms with E-state index in [2.05, 4.69) is 6.58 Å². The summed E-state index contributed by atoms with van der Waals surface area (Å²) in [4.78, 5) is 23.0. The fourth-order valence-electron chi connectivity index (χ4n) is 1.42. The first kappa shape index (κ1) is 10.7. The lowest BCUT2D eigenvalue weighted by molar-refractivity contribution is -0.148. The summed E-state index contributed by atoms with van der Waals surface area (Å²) >= 11 is 0. The minimum absolute atomic E-state index is 0.0727. The van der Waals surface area contributed by atoms with Crippen molar-refractivity contribution in [2.24, 2.45) is 5.92 Å². The van der Waals surface area contributed by atoms with Crippen molar-refractivity contribution in [3.8, 4) is 0 Å². The number of hydrogen-bond acceptors (Lipinski definition) is 3. The van der Waals surface area contributed by atoms with Crippen LogP contribution in [0.15, 0.2) is 12.7 Å². The van der Waals surface area contributed by atoms with E-state index in [0.29, 0.717) is 13.0 Å². The van der Waals surface area contributed by atoms with Crippen molar-refractivity contribution in [1.82, 2.24) is 4.90 Å². The zero-order chi connectivity index (χ0) is 10.7. The number of amides is 1. The lowest BCUT2D eigenvalue weighted by atomic mass is 10.1. The normalized spacial score (nSPS) is 23.6. The Morgan fingerprint density at radius 2 is 2.43 bits per heavy atom. The van der Waals surface area contributed by atoms with E-state index in [0.717, 1.165) is 0 Å². The minimum atomic E-state index is -1.50. The molecule has 0 aromatic heterocycles. The van der Waals surface area contributed by atoms with E-state index in [1.165, 1.54) is 4.90 Å². The molecule has 0 aromatic rings. The van der Waals surface area contributed by atoms with Gasteiger partial charge in [0, 0.05) is 18.9 Å². The van der Waals surface area contributed by atoms with Crippen molar-refractivity contribution in [3.05, 3.63) is 12.7 Å². The van der Waals surface area contributed by atoms with E-state index >= 15 is 0 Å².